The van der Waals surface area contributed by atoms with E-state index in [1.54, 1.807) is 5.57 Å². The predicted molar refractivity (Wildman–Crippen MR) is 91.5 cm³/mol. The van der Waals surface area contributed by atoms with Gasteiger partial charge in [-0.1, -0.05) is 45.8 Å². The second-order valence-corrected chi connectivity index (χ2v) is 10.0. The van der Waals surface area contributed by atoms with Crippen molar-refractivity contribution >= 4 is 0 Å². The number of hydrogen-bond donors (Lipinski definition) is 1. The Balaban J connectivity index is 1.73. The third-order valence-corrected chi connectivity index (χ3v) is 8.71. The summed E-state index contributed by atoms with van der Waals surface area (Å²) >= 11 is 0. The average molecular weight is 303 g/mol. The van der Waals surface area contributed by atoms with Gasteiger partial charge in [0.2, 0.25) is 0 Å². The first-order valence-electron chi connectivity index (χ1n) is 9.68. The van der Waals surface area contributed by atoms with E-state index >= 15 is 0 Å². The second-order valence-electron chi connectivity index (χ2n) is 10.0. The maximum atomic E-state index is 10.5. The van der Waals surface area contributed by atoms with E-state index in [0.717, 1.165) is 24.2 Å². The van der Waals surface area contributed by atoms with Crippen LogP contribution in [-0.4, -0.2) is 11.2 Å². The number of hydrogen-bond acceptors (Lipinski definition) is 1. The maximum absolute atomic E-state index is 10.5. The summed E-state index contributed by atoms with van der Waals surface area (Å²) in [6.45, 7) is 9.69. The molecule has 4 aliphatic rings. The van der Waals surface area contributed by atoms with Crippen LogP contribution < -0.4 is 0 Å². The Labute approximate surface area is 136 Å². The zero-order valence-electron chi connectivity index (χ0n) is 15.0. The van der Waals surface area contributed by atoms with Gasteiger partial charge in [0, 0.05) is 5.41 Å². The Kier molecular flexibility index (Phi) is 3.20. The monoisotopic (exact) mass is 302 g/mol. The van der Waals surface area contributed by atoms with Crippen LogP contribution in [0.25, 0.3) is 0 Å². The van der Waals surface area contributed by atoms with E-state index in [0.29, 0.717) is 10.8 Å². The van der Waals surface area contributed by atoms with Gasteiger partial charge in [0.15, 0.2) is 0 Å². The molecule has 22 heavy (non-hydrogen) atoms. The fourth-order valence-electron chi connectivity index (χ4n) is 7.38. The molecule has 0 heterocycles. The van der Waals surface area contributed by atoms with Crippen LogP contribution in [0.1, 0.15) is 79.1 Å². The van der Waals surface area contributed by atoms with Crippen LogP contribution in [0.4, 0.5) is 0 Å². The lowest BCUT2D eigenvalue weighted by Gasteiger charge is -2.60. The highest BCUT2D eigenvalue weighted by Gasteiger charge is 2.58. The molecule has 0 aromatic heterocycles. The normalized spacial score (nSPS) is 53.2. The minimum atomic E-state index is -0.149. The summed E-state index contributed by atoms with van der Waals surface area (Å²) in [5.74, 6) is 2.76. The van der Waals surface area contributed by atoms with Crippen molar-refractivity contribution in [2.75, 3.05) is 0 Å². The Morgan fingerprint density at radius 1 is 0.955 bits per heavy atom. The van der Waals surface area contributed by atoms with Crippen molar-refractivity contribution in [1.82, 2.24) is 0 Å². The molecule has 0 aromatic rings. The molecule has 0 amide bonds. The van der Waals surface area contributed by atoms with Gasteiger partial charge in [-0.25, -0.2) is 0 Å². The lowest BCUT2D eigenvalue weighted by Crippen LogP contribution is -2.53. The zero-order valence-corrected chi connectivity index (χ0v) is 15.0. The third-order valence-electron chi connectivity index (χ3n) is 8.71. The van der Waals surface area contributed by atoms with Crippen molar-refractivity contribution in [2.45, 2.75) is 85.2 Å². The van der Waals surface area contributed by atoms with Gasteiger partial charge in [0.1, 0.15) is 0 Å². The van der Waals surface area contributed by atoms with Crippen LogP contribution in [0.3, 0.4) is 0 Å². The molecule has 0 spiro atoms. The Morgan fingerprint density at radius 3 is 2.50 bits per heavy atom. The molecule has 6 atom stereocenters. The number of fused-ring (bicyclic) bond motifs is 5. The molecule has 3 saturated carbocycles. The van der Waals surface area contributed by atoms with E-state index in [4.69, 9.17) is 0 Å². The van der Waals surface area contributed by atoms with Crippen LogP contribution in [0.2, 0.25) is 0 Å². The van der Waals surface area contributed by atoms with E-state index in [1.807, 2.05) is 0 Å². The average Bonchev–Trinajstić information content (AvgIpc) is 2.85. The summed E-state index contributed by atoms with van der Waals surface area (Å²) in [6, 6.07) is 0. The van der Waals surface area contributed by atoms with E-state index in [-0.39, 0.29) is 11.5 Å². The highest BCUT2D eigenvalue weighted by Crippen LogP contribution is 2.66. The molecule has 0 radical (unpaired) electrons. The highest BCUT2D eigenvalue weighted by molar-refractivity contribution is 5.31. The van der Waals surface area contributed by atoms with Crippen molar-refractivity contribution in [3.63, 3.8) is 0 Å². The van der Waals surface area contributed by atoms with Crippen molar-refractivity contribution in [3.8, 4) is 0 Å². The minimum absolute atomic E-state index is 0.0194. The van der Waals surface area contributed by atoms with Gasteiger partial charge in [-0.3, -0.25) is 0 Å². The van der Waals surface area contributed by atoms with Crippen LogP contribution in [0.15, 0.2) is 11.6 Å². The molecule has 0 aliphatic heterocycles. The molecule has 3 fully saturated rings. The fourth-order valence-corrected chi connectivity index (χ4v) is 7.38. The summed E-state index contributed by atoms with van der Waals surface area (Å²) in [7, 11) is 0. The molecule has 1 unspecified atom stereocenters. The van der Waals surface area contributed by atoms with E-state index in [1.165, 1.54) is 44.9 Å². The molecule has 1 N–H and O–H groups in total. The summed E-state index contributed by atoms with van der Waals surface area (Å²) in [6.07, 6.45) is 13.2. The fraction of sp³-hybridized carbons (Fsp3) is 0.905. The number of allylic oxidation sites excluding steroid dienone is 1. The summed E-state index contributed by atoms with van der Waals surface area (Å²) < 4.78 is 0. The first-order chi connectivity index (χ1) is 10.3. The smallest absolute Gasteiger partial charge is 0.0628 e. The topological polar surface area (TPSA) is 20.2 Å². The summed E-state index contributed by atoms with van der Waals surface area (Å²) in [5.41, 5.74) is 2.58. The van der Waals surface area contributed by atoms with Gasteiger partial charge >= 0.3 is 0 Å². The molecule has 1 heteroatoms. The summed E-state index contributed by atoms with van der Waals surface area (Å²) in [5, 5.41) is 10.5. The molecule has 4 rings (SSSR count). The molecular formula is C21H34O. The van der Waals surface area contributed by atoms with E-state index in [9.17, 15) is 5.11 Å². The largest absolute Gasteiger partial charge is 0.392 e. The number of aliphatic hydroxyl groups excluding tert-OH is 1. The van der Waals surface area contributed by atoms with E-state index in [2.05, 4.69) is 33.8 Å². The molecule has 0 bridgehead atoms. The minimum Gasteiger partial charge on any atom is -0.392 e. The van der Waals surface area contributed by atoms with Gasteiger partial charge in [-0.15, -0.1) is 0 Å². The maximum Gasteiger partial charge on any atom is 0.0628 e. The SMILES string of the molecule is CC1(C)C2=CC[C@H]3[C@@H]4CCC[C@@]4(C)CC[C@@H]3[C@@]2(C)CCC1O. The van der Waals surface area contributed by atoms with Crippen LogP contribution in [-0.2, 0) is 0 Å². The van der Waals surface area contributed by atoms with E-state index < -0.39 is 0 Å². The van der Waals surface area contributed by atoms with Gasteiger partial charge in [-0.05, 0) is 73.5 Å². The van der Waals surface area contributed by atoms with Crippen LogP contribution >= 0.6 is 0 Å². The Morgan fingerprint density at radius 2 is 1.73 bits per heavy atom. The number of aliphatic hydroxyl groups is 1. The first-order valence-corrected chi connectivity index (χ1v) is 9.68. The molecular weight excluding hydrogens is 268 g/mol. The van der Waals surface area contributed by atoms with Gasteiger partial charge in [0.25, 0.3) is 0 Å². The second kappa shape index (κ2) is 4.62. The van der Waals surface area contributed by atoms with Crippen LogP contribution in [0, 0.1) is 34.0 Å². The Hall–Kier alpha value is -0.300. The number of rotatable bonds is 0. The van der Waals surface area contributed by atoms with Gasteiger partial charge in [0.05, 0.1) is 6.10 Å². The van der Waals surface area contributed by atoms with Gasteiger partial charge in [-0.2, -0.15) is 0 Å². The van der Waals surface area contributed by atoms with Crippen molar-refractivity contribution < 1.29 is 5.11 Å². The predicted octanol–water partition coefficient (Wildman–Crippen LogP) is 5.34. The van der Waals surface area contributed by atoms with Crippen LogP contribution in [0.5, 0.6) is 0 Å². The molecule has 4 aliphatic carbocycles. The summed E-state index contributed by atoms with van der Waals surface area (Å²) in [4.78, 5) is 0. The van der Waals surface area contributed by atoms with Crippen molar-refractivity contribution in [1.29, 1.82) is 0 Å². The lowest BCUT2D eigenvalue weighted by atomic mass is 9.45. The Bertz CT molecular complexity index is 504. The molecule has 0 aromatic carbocycles. The molecule has 124 valence electrons. The standard InChI is InChI=1S/C21H34O/c1-19(2)17-8-7-14-15-6-5-11-20(15,3)12-9-16(14)21(17,4)13-10-18(19)22/h8,14-16,18,22H,5-7,9-13H2,1-4H3/t14-,15-,16-,18?,20-,21+/m0/s1. The lowest BCUT2D eigenvalue weighted by molar-refractivity contribution is -0.0653. The third kappa shape index (κ3) is 1.81. The zero-order chi connectivity index (χ0) is 15.8. The molecule has 0 saturated heterocycles. The van der Waals surface area contributed by atoms with Crippen molar-refractivity contribution in [3.05, 3.63) is 11.6 Å². The highest BCUT2D eigenvalue weighted by atomic mass is 16.3. The quantitative estimate of drug-likeness (QED) is 0.599. The first kappa shape index (κ1) is 15.2. The van der Waals surface area contributed by atoms with Crippen molar-refractivity contribution in [2.24, 2.45) is 34.0 Å². The molecule has 1 nitrogen and oxygen atoms in total. The van der Waals surface area contributed by atoms with Gasteiger partial charge < -0.3 is 5.11 Å².